The molecule has 4 nitrogen and oxygen atoms in total. The Labute approximate surface area is 112 Å². The van der Waals surface area contributed by atoms with Gasteiger partial charge in [0.1, 0.15) is 11.3 Å². The number of rotatable bonds is 8. The molecule has 18 heavy (non-hydrogen) atoms. The van der Waals surface area contributed by atoms with E-state index in [2.05, 4.69) is 5.32 Å². The van der Waals surface area contributed by atoms with Gasteiger partial charge in [-0.2, -0.15) is 11.8 Å². The van der Waals surface area contributed by atoms with E-state index in [1.54, 1.807) is 24.9 Å². The quantitative estimate of drug-likeness (QED) is 0.761. The molecule has 0 aromatic carbocycles. The first-order valence-electron chi connectivity index (χ1n) is 6.10. The van der Waals surface area contributed by atoms with E-state index >= 15 is 0 Å². The van der Waals surface area contributed by atoms with Crippen LogP contribution in [-0.4, -0.2) is 28.4 Å². The van der Waals surface area contributed by atoms with Crippen LogP contribution in [0.1, 0.15) is 33.0 Å². The van der Waals surface area contributed by atoms with Crippen LogP contribution in [0.2, 0.25) is 0 Å². The molecule has 0 saturated carbocycles. The van der Waals surface area contributed by atoms with Crippen molar-refractivity contribution in [2.45, 2.75) is 43.7 Å². The Balaban J connectivity index is 2.46. The fourth-order valence-electron chi connectivity index (χ4n) is 1.88. The highest BCUT2D eigenvalue weighted by molar-refractivity contribution is 7.99. The average Bonchev–Trinajstić information content (AvgIpc) is 2.79. The number of nitrogens with one attached hydrogen (secondary N) is 1. The summed E-state index contributed by atoms with van der Waals surface area (Å²) in [5.74, 6) is 0.901. The van der Waals surface area contributed by atoms with E-state index in [1.165, 1.54) is 0 Å². The molecule has 2 unspecified atom stereocenters. The number of carbonyl (C=O) groups is 1. The van der Waals surface area contributed by atoms with Crippen molar-refractivity contribution in [3.63, 3.8) is 0 Å². The number of carboxylic acid groups (broad SMARTS) is 1. The predicted molar refractivity (Wildman–Crippen MR) is 73.8 cm³/mol. The molecule has 0 saturated heterocycles. The molecule has 0 aliphatic carbocycles. The molecule has 2 atom stereocenters. The van der Waals surface area contributed by atoms with Gasteiger partial charge in [-0.3, -0.25) is 4.79 Å². The van der Waals surface area contributed by atoms with E-state index in [0.29, 0.717) is 13.0 Å². The largest absolute Gasteiger partial charge is 0.480 e. The van der Waals surface area contributed by atoms with Gasteiger partial charge in [0.05, 0.1) is 12.0 Å². The molecule has 0 aliphatic rings. The smallest absolute Gasteiger partial charge is 0.323 e. The molecule has 0 aliphatic heterocycles. The first-order valence-corrected chi connectivity index (χ1v) is 7.15. The van der Waals surface area contributed by atoms with E-state index < -0.39 is 11.5 Å². The Morgan fingerprint density at radius 1 is 1.67 bits per heavy atom. The van der Waals surface area contributed by atoms with Gasteiger partial charge in [0, 0.05) is 5.25 Å². The Hall–Kier alpha value is -0.940. The molecule has 5 heteroatoms. The molecular formula is C13H21NO3S. The average molecular weight is 271 g/mol. The minimum absolute atomic E-state index is 0.246. The summed E-state index contributed by atoms with van der Waals surface area (Å²) in [6, 6.07) is 3.79. The lowest BCUT2D eigenvalue weighted by Crippen LogP contribution is -2.50. The van der Waals surface area contributed by atoms with Crippen LogP contribution >= 0.6 is 11.8 Å². The molecular weight excluding hydrogens is 250 g/mol. The van der Waals surface area contributed by atoms with Crippen LogP contribution in [0.5, 0.6) is 0 Å². The standard InChI is InChI=1S/C13H21NO3S/c1-4-14-13(3,12(15)16)8-10(2)18-9-11-6-5-7-17-11/h5-7,10,14H,4,8-9H2,1-3H3,(H,15,16). The van der Waals surface area contributed by atoms with Crippen molar-refractivity contribution in [2.75, 3.05) is 6.54 Å². The molecule has 102 valence electrons. The van der Waals surface area contributed by atoms with E-state index in [0.717, 1.165) is 11.5 Å². The maximum atomic E-state index is 11.3. The summed E-state index contributed by atoms with van der Waals surface area (Å²) in [7, 11) is 0. The minimum atomic E-state index is -0.857. The summed E-state index contributed by atoms with van der Waals surface area (Å²) in [6.45, 7) is 6.36. The van der Waals surface area contributed by atoms with Gasteiger partial charge in [0.2, 0.25) is 0 Å². The fourth-order valence-corrected chi connectivity index (χ4v) is 2.94. The van der Waals surface area contributed by atoms with Gasteiger partial charge in [-0.05, 0) is 32.0 Å². The summed E-state index contributed by atoms with van der Waals surface area (Å²) in [5, 5.41) is 12.6. The molecule has 0 amide bonds. The summed E-state index contributed by atoms with van der Waals surface area (Å²) in [5.41, 5.74) is -0.857. The maximum absolute atomic E-state index is 11.3. The molecule has 1 rings (SSSR count). The van der Waals surface area contributed by atoms with Crippen molar-refractivity contribution in [3.8, 4) is 0 Å². The Kier molecular flexibility index (Phi) is 5.75. The third-order valence-corrected chi connectivity index (χ3v) is 4.01. The predicted octanol–water partition coefficient (Wildman–Crippen LogP) is 2.74. The topological polar surface area (TPSA) is 62.5 Å². The molecule has 1 heterocycles. The van der Waals surface area contributed by atoms with Crippen LogP contribution in [0.3, 0.4) is 0 Å². The maximum Gasteiger partial charge on any atom is 0.323 e. The number of furan rings is 1. The van der Waals surface area contributed by atoms with Crippen molar-refractivity contribution in [1.29, 1.82) is 0 Å². The molecule has 0 bridgehead atoms. The van der Waals surface area contributed by atoms with E-state index in [1.807, 2.05) is 26.0 Å². The summed E-state index contributed by atoms with van der Waals surface area (Å²) in [4.78, 5) is 11.3. The Morgan fingerprint density at radius 3 is 2.89 bits per heavy atom. The van der Waals surface area contributed by atoms with Gasteiger partial charge in [-0.25, -0.2) is 0 Å². The van der Waals surface area contributed by atoms with Crippen LogP contribution in [0.15, 0.2) is 22.8 Å². The lowest BCUT2D eigenvalue weighted by Gasteiger charge is -2.28. The number of aliphatic carboxylic acids is 1. The van der Waals surface area contributed by atoms with Crippen molar-refractivity contribution >= 4 is 17.7 Å². The second-order valence-corrected chi connectivity index (χ2v) is 6.00. The number of thioether (sulfide) groups is 1. The van der Waals surface area contributed by atoms with Gasteiger partial charge in [-0.1, -0.05) is 13.8 Å². The Morgan fingerprint density at radius 2 is 2.39 bits per heavy atom. The zero-order valence-corrected chi connectivity index (χ0v) is 11.9. The zero-order chi connectivity index (χ0) is 13.6. The first-order chi connectivity index (χ1) is 8.48. The molecule has 1 aromatic heterocycles. The molecule has 0 radical (unpaired) electrons. The molecule has 0 spiro atoms. The summed E-state index contributed by atoms with van der Waals surface area (Å²) in [6.07, 6.45) is 2.24. The van der Waals surface area contributed by atoms with Gasteiger partial charge in [0.15, 0.2) is 0 Å². The number of carboxylic acids is 1. The fraction of sp³-hybridized carbons (Fsp3) is 0.615. The van der Waals surface area contributed by atoms with Gasteiger partial charge < -0.3 is 14.8 Å². The van der Waals surface area contributed by atoms with Crippen LogP contribution < -0.4 is 5.32 Å². The normalized spacial score (nSPS) is 16.2. The van der Waals surface area contributed by atoms with Gasteiger partial charge in [0.25, 0.3) is 0 Å². The van der Waals surface area contributed by atoms with E-state index in [-0.39, 0.29) is 5.25 Å². The zero-order valence-electron chi connectivity index (χ0n) is 11.1. The minimum Gasteiger partial charge on any atom is -0.480 e. The van der Waals surface area contributed by atoms with Crippen LogP contribution in [0, 0.1) is 0 Å². The van der Waals surface area contributed by atoms with Crippen LogP contribution in [0.4, 0.5) is 0 Å². The summed E-state index contributed by atoms with van der Waals surface area (Å²) < 4.78 is 5.26. The lowest BCUT2D eigenvalue weighted by molar-refractivity contribution is -0.144. The van der Waals surface area contributed by atoms with E-state index in [9.17, 15) is 9.90 Å². The SMILES string of the molecule is CCNC(C)(CC(C)SCc1ccco1)C(=O)O. The highest BCUT2D eigenvalue weighted by Gasteiger charge is 2.33. The van der Waals surface area contributed by atoms with E-state index in [4.69, 9.17) is 4.42 Å². The van der Waals surface area contributed by atoms with Crippen molar-refractivity contribution in [2.24, 2.45) is 0 Å². The van der Waals surface area contributed by atoms with Crippen LogP contribution in [-0.2, 0) is 10.5 Å². The monoisotopic (exact) mass is 271 g/mol. The van der Waals surface area contributed by atoms with Crippen molar-refractivity contribution in [1.82, 2.24) is 5.32 Å². The lowest BCUT2D eigenvalue weighted by atomic mass is 9.96. The number of hydrogen-bond donors (Lipinski definition) is 2. The summed E-state index contributed by atoms with van der Waals surface area (Å²) >= 11 is 1.71. The van der Waals surface area contributed by atoms with Gasteiger partial charge >= 0.3 is 5.97 Å². The second kappa shape index (κ2) is 6.85. The molecule has 0 fully saturated rings. The third-order valence-electron chi connectivity index (χ3n) is 2.82. The first kappa shape index (κ1) is 15.1. The second-order valence-electron chi connectivity index (χ2n) is 4.57. The highest BCUT2D eigenvalue weighted by Crippen LogP contribution is 2.25. The highest BCUT2D eigenvalue weighted by atomic mass is 32.2. The van der Waals surface area contributed by atoms with Crippen LogP contribution in [0.25, 0.3) is 0 Å². The number of likely N-dealkylation sites (N-methyl/N-ethyl adjacent to an activating group) is 1. The number of hydrogen-bond acceptors (Lipinski definition) is 4. The van der Waals surface area contributed by atoms with Gasteiger partial charge in [-0.15, -0.1) is 0 Å². The molecule has 1 aromatic rings. The van der Waals surface area contributed by atoms with Crippen molar-refractivity contribution in [3.05, 3.63) is 24.2 Å². The third kappa shape index (κ3) is 4.38. The molecule has 2 N–H and O–H groups in total. The van der Waals surface area contributed by atoms with Crippen molar-refractivity contribution < 1.29 is 14.3 Å². The Bertz CT molecular complexity index is 366.